The Kier molecular flexibility index (Phi) is 5.11. The fraction of sp³-hybridized carbons (Fsp3) is 0.364. The number of benzene rings is 1. The summed E-state index contributed by atoms with van der Waals surface area (Å²) in [6.45, 7) is 1.63. The first kappa shape index (κ1) is 15.7. The van der Waals surface area contributed by atoms with Crippen LogP contribution in [0.15, 0.2) is 12.1 Å². The average Bonchev–Trinajstić information content (AvgIpc) is 2.30. The monoisotopic (exact) mass is 306 g/mol. The van der Waals surface area contributed by atoms with Gasteiger partial charge in [-0.2, -0.15) is 0 Å². The summed E-state index contributed by atoms with van der Waals surface area (Å²) in [5, 5.41) is 19.7. The summed E-state index contributed by atoms with van der Waals surface area (Å²) >= 11 is 11.5. The molecule has 1 aromatic carbocycles. The maximum atomic E-state index is 12.0. The minimum Gasteiger partial charge on any atom is -0.392 e. The zero-order chi connectivity index (χ0) is 14.7. The van der Waals surface area contributed by atoms with E-state index in [0.717, 1.165) is 6.07 Å². The fourth-order valence-corrected chi connectivity index (χ4v) is 1.92. The highest BCUT2D eigenvalue weighted by Crippen LogP contribution is 2.33. The number of aliphatic hydroxyl groups excluding tert-OH is 1. The van der Waals surface area contributed by atoms with Crippen molar-refractivity contribution in [3.8, 4) is 0 Å². The van der Waals surface area contributed by atoms with Crippen LogP contribution in [0.4, 0.5) is 5.69 Å². The van der Waals surface area contributed by atoms with E-state index in [2.05, 4.69) is 0 Å². The number of aliphatic hydroxyl groups is 1. The summed E-state index contributed by atoms with van der Waals surface area (Å²) in [5.41, 5.74) is -0.382. The van der Waals surface area contributed by atoms with E-state index in [0.29, 0.717) is 0 Å². The molecule has 6 nitrogen and oxygen atoms in total. The number of nitro benzene ring substituents is 1. The van der Waals surface area contributed by atoms with Crippen LogP contribution in [0.1, 0.15) is 17.3 Å². The van der Waals surface area contributed by atoms with Crippen molar-refractivity contribution in [3.05, 3.63) is 37.9 Å². The van der Waals surface area contributed by atoms with Crippen LogP contribution in [0.5, 0.6) is 0 Å². The minimum absolute atomic E-state index is 0.0456. The van der Waals surface area contributed by atoms with E-state index >= 15 is 0 Å². The number of likely N-dealkylation sites (N-methyl/N-ethyl adjacent to an activating group) is 1. The SMILES string of the molecule is CC(O)CN(C)C(=O)c1cc(Cl)c(Cl)c([N+](=O)[O-])c1. The highest BCUT2D eigenvalue weighted by Gasteiger charge is 2.22. The number of nitro groups is 1. The van der Waals surface area contributed by atoms with Crippen molar-refractivity contribution in [2.45, 2.75) is 13.0 Å². The summed E-state index contributed by atoms with van der Waals surface area (Å²) in [4.78, 5) is 23.3. The number of amides is 1. The number of carbonyl (C=O) groups is 1. The van der Waals surface area contributed by atoms with Gasteiger partial charge in [-0.1, -0.05) is 23.2 Å². The smallest absolute Gasteiger partial charge is 0.290 e. The number of hydrogen-bond donors (Lipinski definition) is 1. The first-order valence-corrected chi connectivity index (χ1v) is 6.06. The van der Waals surface area contributed by atoms with Crippen LogP contribution in [0.3, 0.4) is 0 Å². The van der Waals surface area contributed by atoms with E-state index in [1.54, 1.807) is 0 Å². The molecule has 1 unspecified atom stereocenters. The largest absolute Gasteiger partial charge is 0.392 e. The molecule has 0 aliphatic rings. The zero-order valence-corrected chi connectivity index (χ0v) is 11.8. The van der Waals surface area contributed by atoms with Gasteiger partial charge in [-0.3, -0.25) is 14.9 Å². The summed E-state index contributed by atoms with van der Waals surface area (Å²) in [5.74, 6) is -0.484. The molecule has 1 atom stereocenters. The van der Waals surface area contributed by atoms with Crippen molar-refractivity contribution in [3.63, 3.8) is 0 Å². The van der Waals surface area contributed by atoms with Gasteiger partial charge in [0.2, 0.25) is 0 Å². The lowest BCUT2D eigenvalue weighted by atomic mass is 10.1. The number of rotatable bonds is 4. The first-order chi connectivity index (χ1) is 8.73. The Balaban J connectivity index is 3.14. The molecule has 1 N–H and O–H groups in total. The fourth-order valence-electron chi connectivity index (χ4n) is 1.53. The normalized spacial score (nSPS) is 12.1. The predicted molar refractivity (Wildman–Crippen MR) is 71.8 cm³/mol. The van der Waals surface area contributed by atoms with Crippen molar-refractivity contribution in [1.29, 1.82) is 0 Å². The van der Waals surface area contributed by atoms with Gasteiger partial charge in [-0.05, 0) is 13.0 Å². The third-order valence-corrected chi connectivity index (χ3v) is 3.13. The standard InChI is InChI=1S/C11H12Cl2N2O4/c1-6(16)5-14(2)11(17)7-3-8(12)10(13)9(4-7)15(18)19/h3-4,6,16H,5H2,1-2H3. The van der Waals surface area contributed by atoms with Gasteiger partial charge in [0.15, 0.2) is 0 Å². The average molecular weight is 307 g/mol. The van der Waals surface area contributed by atoms with E-state index in [1.807, 2.05) is 0 Å². The molecule has 0 heterocycles. The molecule has 0 saturated heterocycles. The van der Waals surface area contributed by atoms with Gasteiger partial charge in [-0.15, -0.1) is 0 Å². The Morgan fingerprint density at radius 2 is 2.11 bits per heavy atom. The van der Waals surface area contributed by atoms with Crippen LogP contribution in [0.25, 0.3) is 0 Å². The van der Waals surface area contributed by atoms with E-state index in [9.17, 15) is 20.0 Å². The second-order valence-corrected chi connectivity index (χ2v) is 4.87. The van der Waals surface area contributed by atoms with Crippen molar-refractivity contribution in [2.75, 3.05) is 13.6 Å². The zero-order valence-electron chi connectivity index (χ0n) is 10.3. The molecule has 0 fully saturated rings. The van der Waals surface area contributed by atoms with Crippen LogP contribution in [-0.2, 0) is 0 Å². The second-order valence-electron chi connectivity index (χ2n) is 4.08. The number of halogens is 2. The molecule has 19 heavy (non-hydrogen) atoms. The Morgan fingerprint density at radius 1 is 1.53 bits per heavy atom. The van der Waals surface area contributed by atoms with Crippen molar-refractivity contribution in [1.82, 2.24) is 4.90 Å². The van der Waals surface area contributed by atoms with Crippen LogP contribution in [0, 0.1) is 10.1 Å². The summed E-state index contributed by atoms with van der Waals surface area (Å²) < 4.78 is 0. The lowest BCUT2D eigenvalue weighted by molar-refractivity contribution is -0.384. The molecule has 104 valence electrons. The highest BCUT2D eigenvalue weighted by molar-refractivity contribution is 6.43. The third-order valence-electron chi connectivity index (χ3n) is 2.34. The van der Waals surface area contributed by atoms with Crippen LogP contribution >= 0.6 is 23.2 Å². The summed E-state index contributed by atoms with van der Waals surface area (Å²) in [7, 11) is 1.48. The van der Waals surface area contributed by atoms with Gasteiger partial charge in [0, 0.05) is 25.2 Å². The highest BCUT2D eigenvalue weighted by atomic mass is 35.5. The third kappa shape index (κ3) is 3.79. The molecule has 0 saturated carbocycles. The quantitative estimate of drug-likeness (QED) is 0.683. The molecular weight excluding hydrogens is 295 g/mol. The maximum Gasteiger partial charge on any atom is 0.290 e. The Hall–Kier alpha value is -1.37. The Morgan fingerprint density at radius 3 is 2.58 bits per heavy atom. The molecular formula is C11H12Cl2N2O4. The Bertz CT molecular complexity index is 520. The lowest BCUT2D eigenvalue weighted by Gasteiger charge is -2.18. The minimum atomic E-state index is -0.709. The number of hydrogen-bond acceptors (Lipinski definition) is 4. The molecule has 0 spiro atoms. The molecule has 0 aliphatic carbocycles. The molecule has 8 heteroatoms. The molecule has 0 radical (unpaired) electrons. The van der Waals surface area contributed by atoms with Crippen LogP contribution < -0.4 is 0 Å². The van der Waals surface area contributed by atoms with Gasteiger partial charge >= 0.3 is 0 Å². The van der Waals surface area contributed by atoms with E-state index in [-0.39, 0.29) is 22.2 Å². The van der Waals surface area contributed by atoms with Gasteiger partial charge in [0.25, 0.3) is 11.6 Å². The van der Waals surface area contributed by atoms with Gasteiger partial charge in [0.05, 0.1) is 16.0 Å². The number of nitrogens with zero attached hydrogens (tertiary/aromatic N) is 2. The second kappa shape index (κ2) is 6.18. The van der Waals surface area contributed by atoms with E-state index in [4.69, 9.17) is 23.2 Å². The summed E-state index contributed by atoms with van der Waals surface area (Å²) in [6.07, 6.45) is -0.702. The van der Waals surface area contributed by atoms with Crippen LogP contribution in [-0.4, -0.2) is 40.5 Å². The Labute approximate surface area is 119 Å². The summed E-state index contributed by atoms with van der Waals surface area (Å²) in [6, 6.07) is 2.33. The number of carbonyl (C=O) groups excluding carboxylic acids is 1. The van der Waals surface area contributed by atoms with Crippen LogP contribution in [0.2, 0.25) is 10.0 Å². The molecule has 0 aromatic heterocycles. The lowest BCUT2D eigenvalue weighted by Crippen LogP contribution is -2.33. The molecule has 1 rings (SSSR count). The molecule has 1 aromatic rings. The predicted octanol–water partition coefficient (Wildman–Crippen LogP) is 2.35. The van der Waals surface area contributed by atoms with Crippen molar-refractivity contribution in [2.24, 2.45) is 0 Å². The van der Waals surface area contributed by atoms with E-state index in [1.165, 1.54) is 24.9 Å². The van der Waals surface area contributed by atoms with Gasteiger partial charge in [-0.25, -0.2) is 0 Å². The van der Waals surface area contributed by atoms with Gasteiger partial charge < -0.3 is 10.0 Å². The topological polar surface area (TPSA) is 83.7 Å². The van der Waals surface area contributed by atoms with Gasteiger partial charge in [0.1, 0.15) is 5.02 Å². The molecule has 1 amide bonds. The van der Waals surface area contributed by atoms with Crippen molar-refractivity contribution >= 4 is 34.8 Å². The molecule has 0 aliphatic heterocycles. The van der Waals surface area contributed by atoms with E-state index < -0.39 is 22.6 Å². The van der Waals surface area contributed by atoms with Crippen molar-refractivity contribution < 1.29 is 14.8 Å². The maximum absolute atomic E-state index is 12.0. The first-order valence-electron chi connectivity index (χ1n) is 5.31. The molecule has 0 bridgehead atoms.